The van der Waals surface area contributed by atoms with E-state index >= 15 is 0 Å². The quantitative estimate of drug-likeness (QED) is 0.0945. The summed E-state index contributed by atoms with van der Waals surface area (Å²) in [5.74, 6) is -0.254. The second-order valence-electron chi connectivity index (χ2n) is 11.8. The van der Waals surface area contributed by atoms with Gasteiger partial charge in [-0.25, -0.2) is 0 Å². The van der Waals surface area contributed by atoms with Crippen molar-refractivity contribution in [1.82, 2.24) is 4.57 Å². The Morgan fingerprint density at radius 2 is 1.55 bits per heavy atom. The van der Waals surface area contributed by atoms with E-state index in [0.717, 1.165) is 30.1 Å². The predicted octanol–water partition coefficient (Wildman–Crippen LogP) is 10.5. The third-order valence-electron chi connectivity index (χ3n) is 8.49. The van der Waals surface area contributed by atoms with Gasteiger partial charge in [0.05, 0.1) is 17.1 Å². The fourth-order valence-corrected chi connectivity index (χ4v) is 19.8. The van der Waals surface area contributed by atoms with Crippen molar-refractivity contribution in [2.75, 3.05) is 11.5 Å². The van der Waals surface area contributed by atoms with Gasteiger partial charge in [-0.05, 0) is 42.8 Å². The Hall–Kier alpha value is -2.51. The molecule has 0 radical (unpaired) electrons. The van der Waals surface area contributed by atoms with Crippen LogP contribution in [0.2, 0.25) is 18.3 Å². The Kier molecular flexibility index (Phi) is 15.1. The number of Topliss-reactive ketones (excluding diaryl/α,β-unsaturated/α-hetero) is 1. The van der Waals surface area contributed by atoms with Crippen LogP contribution >= 0.6 is 11.6 Å². The standard InChI is InChI=1S/C21H17ClN2O2.C4H7O.3C4H9.Sn/c1-14(25)15-8-9-18(19(22)11-15)21(26)24-13-17-6-4-10-23(17)12-16-5-2-3-7-20(16)24;1-3-5-4-2;3*1-3-4-2;/h2-11H,12-13H2,1H3;1,3H,4H2,2H3;3*1,3-4H2,2H3;. The second-order valence-corrected chi connectivity index (χ2v) is 25.2. The summed E-state index contributed by atoms with van der Waals surface area (Å²) in [6, 6.07) is 16.7. The Morgan fingerprint density at radius 1 is 0.886 bits per heavy atom. The van der Waals surface area contributed by atoms with Crippen LogP contribution in [-0.2, 0) is 17.8 Å². The van der Waals surface area contributed by atoms with Crippen molar-refractivity contribution < 1.29 is 14.3 Å². The van der Waals surface area contributed by atoms with Gasteiger partial charge >= 0.3 is 120 Å². The minimum absolute atomic E-state index is 0.0798. The SMILES string of the molecule is CC(=O)c1ccc(C(=O)N2Cc3cccn3Cc3ccccc32)c(Cl)c1.CCC[CH2][Sn]([CH]=COCC)([CH2]CCC)[CH2]CCC. The number of ether oxygens (including phenoxy) is 1. The van der Waals surface area contributed by atoms with E-state index in [9.17, 15) is 9.59 Å². The van der Waals surface area contributed by atoms with Crippen LogP contribution in [0.1, 0.15) is 105 Å². The van der Waals surface area contributed by atoms with E-state index in [1.165, 1.54) is 58.8 Å². The number of para-hydroxylation sites is 1. The topological polar surface area (TPSA) is 51.5 Å². The zero-order chi connectivity index (χ0) is 32.0. The summed E-state index contributed by atoms with van der Waals surface area (Å²) in [4.78, 5) is 26.6. The molecule has 5 nitrogen and oxygen atoms in total. The summed E-state index contributed by atoms with van der Waals surface area (Å²) >= 11 is 4.31. The monoisotopic (exact) mass is 726 g/mol. The van der Waals surface area contributed by atoms with E-state index in [1.807, 2.05) is 42.6 Å². The first-order valence-corrected chi connectivity index (χ1v) is 24.5. The molecule has 1 aromatic heterocycles. The van der Waals surface area contributed by atoms with Gasteiger partial charge in [0.25, 0.3) is 5.91 Å². The number of carbonyl (C=O) groups is 2. The normalized spacial score (nSPS) is 12.6. The van der Waals surface area contributed by atoms with E-state index in [2.05, 4.69) is 42.6 Å². The first-order valence-electron chi connectivity index (χ1n) is 16.4. The average molecular weight is 726 g/mol. The minimum atomic E-state index is -2.02. The van der Waals surface area contributed by atoms with E-state index in [1.54, 1.807) is 23.1 Å². The predicted molar refractivity (Wildman–Crippen MR) is 188 cm³/mol. The molecular formula is C37H51ClN2O3Sn. The van der Waals surface area contributed by atoms with E-state index in [4.69, 9.17) is 16.3 Å². The van der Waals surface area contributed by atoms with Crippen molar-refractivity contribution in [2.24, 2.45) is 0 Å². The molecule has 7 heteroatoms. The van der Waals surface area contributed by atoms with Gasteiger partial charge in [0.15, 0.2) is 5.78 Å². The van der Waals surface area contributed by atoms with Gasteiger partial charge in [-0.3, -0.25) is 9.59 Å². The number of amides is 1. The Balaban J connectivity index is 0.000000260. The van der Waals surface area contributed by atoms with Crippen LogP contribution in [0, 0.1) is 0 Å². The van der Waals surface area contributed by atoms with Crippen molar-refractivity contribution in [3.8, 4) is 0 Å². The van der Waals surface area contributed by atoms with Crippen LogP contribution in [0.25, 0.3) is 0 Å². The van der Waals surface area contributed by atoms with Gasteiger partial charge in [-0.1, -0.05) is 35.9 Å². The van der Waals surface area contributed by atoms with Gasteiger partial charge in [-0.15, -0.1) is 0 Å². The number of unbranched alkanes of at least 4 members (excludes halogenated alkanes) is 3. The number of halogens is 1. The summed E-state index contributed by atoms with van der Waals surface area (Å²) in [7, 11) is 0. The van der Waals surface area contributed by atoms with E-state index in [-0.39, 0.29) is 11.7 Å². The number of fused-ring (bicyclic) bond motifs is 2. The molecule has 238 valence electrons. The number of hydrogen-bond donors (Lipinski definition) is 0. The summed E-state index contributed by atoms with van der Waals surface area (Å²) in [5, 5.41) is 0.291. The maximum absolute atomic E-state index is 13.3. The zero-order valence-corrected chi connectivity index (χ0v) is 31.0. The number of benzene rings is 2. The number of carbonyl (C=O) groups excluding carboxylic acids is 2. The number of rotatable bonds is 14. The summed E-state index contributed by atoms with van der Waals surface area (Å²) in [6.45, 7) is 12.5. The molecule has 0 saturated carbocycles. The molecule has 0 fully saturated rings. The van der Waals surface area contributed by atoms with Crippen LogP contribution in [0.4, 0.5) is 5.69 Å². The molecule has 0 unspecified atom stereocenters. The summed E-state index contributed by atoms with van der Waals surface area (Å²) < 4.78 is 14.8. The molecule has 1 aliphatic rings. The van der Waals surface area contributed by atoms with E-state index < -0.39 is 18.4 Å². The molecule has 0 spiro atoms. The molecule has 3 aromatic rings. The van der Waals surface area contributed by atoms with Crippen molar-refractivity contribution in [2.45, 2.75) is 99.5 Å². The van der Waals surface area contributed by atoms with Crippen molar-refractivity contribution in [3.63, 3.8) is 0 Å². The molecule has 0 saturated heterocycles. The van der Waals surface area contributed by atoms with Crippen molar-refractivity contribution in [1.29, 1.82) is 0 Å². The molecule has 0 aliphatic carbocycles. The Morgan fingerprint density at radius 3 is 2.14 bits per heavy atom. The van der Waals surface area contributed by atoms with Gasteiger partial charge in [0.1, 0.15) is 0 Å². The third-order valence-corrected chi connectivity index (χ3v) is 22.8. The molecule has 4 rings (SSSR count). The van der Waals surface area contributed by atoms with Crippen LogP contribution in [0.5, 0.6) is 0 Å². The van der Waals surface area contributed by atoms with Gasteiger partial charge in [0.2, 0.25) is 0 Å². The summed E-state index contributed by atoms with van der Waals surface area (Å²) in [6.07, 6.45) is 12.4. The van der Waals surface area contributed by atoms with Crippen LogP contribution in [0.15, 0.2) is 71.1 Å². The number of nitrogens with zero attached hydrogens (tertiary/aromatic N) is 2. The Labute approximate surface area is 274 Å². The fourth-order valence-electron chi connectivity index (χ4n) is 5.82. The first kappa shape index (κ1) is 36.0. The fraction of sp³-hybridized carbons (Fsp3) is 0.459. The number of ketones is 1. The second kappa shape index (κ2) is 18.5. The van der Waals surface area contributed by atoms with Crippen molar-refractivity contribution >= 4 is 47.4 Å². The van der Waals surface area contributed by atoms with Gasteiger partial charge in [0, 0.05) is 29.7 Å². The molecule has 1 aliphatic heterocycles. The molecule has 1 amide bonds. The third kappa shape index (κ3) is 10.00. The maximum atomic E-state index is 13.3. The summed E-state index contributed by atoms with van der Waals surface area (Å²) in [5.41, 5.74) is 3.91. The molecule has 0 N–H and O–H groups in total. The van der Waals surface area contributed by atoms with Gasteiger partial charge < -0.3 is 9.47 Å². The molecule has 2 heterocycles. The Bertz CT molecular complexity index is 1360. The molecule has 0 atom stereocenters. The van der Waals surface area contributed by atoms with Crippen LogP contribution in [-0.4, -0.2) is 41.2 Å². The average Bonchev–Trinajstić information content (AvgIpc) is 3.40. The number of aromatic nitrogens is 1. The molecule has 44 heavy (non-hydrogen) atoms. The van der Waals surface area contributed by atoms with E-state index in [0.29, 0.717) is 22.7 Å². The molecule has 2 aromatic carbocycles. The van der Waals surface area contributed by atoms with Crippen LogP contribution < -0.4 is 4.90 Å². The number of hydrogen-bond acceptors (Lipinski definition) is 3. The zero-order valence-electron chi connectivity index (χ0n) is 27.4. The number of anilines is 1. The molecular weight excluding hydrogens is 675 g/mol. The molecule has 0 bridgehead atoms. The van der Waals surface area contributed by atoms with Crippen LogP contribution in [0.3, 0.4) is 0 Å². The van der Waals surface area contributed by atoms with Gasteiger partial charge in [-0.2, -0.15) is 0 Å². The first-order chi connectivity index (χ1) is 21.3. The van der Waals surface area contributed by atoms with Crippen molar-refractivity contribution in [3.05, 3.63) is 98.6 Å².